The van der Waals surface area contributed by atoms with Crippen LogP contribution in [0, 0.1) is 5.92 Å². The number of amides is 1. The average molecular weight is 364 g/mol. The second-order valence-electron chi connectivity index (χ2n) is 5.81. The minimum atomic E-state index is -3.70. The van der Waals surface area contributed by atoms with Gasteiger partial charge < -0.3 is 14.5 Å². The van der Waals surface area contributed by atoms with Crippen molar-refractivity contribution in [2.24, 2.45) is 5.92 Å². The van der Waals surface area contributed by atoms with Crippen molar-refractivity contribution < 1.29 is 22.4 Å². The second kappa shape index (κ2) is 7.81. The van der Waals surface area contributed by atoms with Crippen LogP contribution in [0.3, 0.4) is 0 Å². The Kier molecular flexibility index (Phi) is 5.52. The van der Waals surface area contributed by atoms with Crippen molar-refractivity contribution in [3.63, 3.8) is 0 Å². The van der Waals surface area contributed by atoms with Crippen molar-refractivity contribution in [3.8, 4) is 0 Å². The molecule has 0 radical (unpaired) electrons. The fourth-order valence-electron chi connectivity index (χ4n) is 2.61. The molecule has 0 unspecified atom stereocenters. The molecule has 25 heavy (non-hydrogen) atoms. The van der Waals surface area contributed by atoms with E-state index in [2.05, 4.69) is 10.0 Å². The molecule has 0 spiro atoms. The van der Waals surface area contributed by atoms with E-state index in [-0.39, 0.29) is 23.3 Å². The Labute approximate surface area is 146 Å². The maximum Gasteiger partial charge on any atom is 0.241 e. The molecule has 1 amide bonds. The van der Waals surface area contributed by atoms with E-state index >= 15 is 0 Å². The number of anilines is 1. The van der Waals surface area contributed by atoms with Crippen LogP contribution in [0.25, 0.3) is 0 Å². The normalized spacial score (nSPS) is 15.8. The van der Waals surface area contributed by atoms with Crippen molar-refractivity contribution in [2.75, 3.05) is 18.5 Å². The van der Waals surface area contributed by atoms with Gasteiger partial charge in [-0.05, 0) is 43.2 Å². The summed E-state index contributed by atoms with van der Waals surface area (Å²) in [7, 11) is -3.70. The quantitative estimate of drug-likeness (QED) is 0.818. The van der Waals surface area contributed by atoms with Crippen LogP contribution in [-0.4, -0.2) is 27.5 Å². The average Bonchev–Trinajstić information content (AvgIpc) is 3.15. The van der Waals surface area contributed by atoms with E-state index in [1.807, 2.05) is 0 Å². The summed E-state index contributed by atoms with van der Waals surface area (Å²) >= 11 is 0. The number of nitrogens with one attached hydrogen (secondary N) is 2. The molecule has 2 aromatic rings. The zero-order valence-corrected chi connectivity index (χ0v) is 14.4. The highest BCUT2D eigenvalue weighted by Crippen LogP contribution is 2.20. The lowest BCUT2D eigenvalue weighted by atomic mass is 9.99. The van der Waals surface area contributed by atoms with Gasteiger partial charge in [0.1, 0.15) is 5.76 Å². The topological polar surface area (TPSA) is 97.6 Å². The largest absolute Gasteiger partial charge is 0.468 e. The van der Waals surface area contributed by atoms with Crippen molar-refractivity contribution in [3.05, 3.63) is 48.4 Å². The number of hydrogen-bond donors (Lipinski definition) is 2. The lowest BCUT2D eigenvalue weighted by Crippen LogP contribution is -2.28. The highest BCUT2D eigenvalue weighted by atomic mass is 32.2. The summed E-state index contributed by atoms with van der Waals surface area (Å²) in [6, 6.07) is 9.57. The third kappa shape index (κ3) is 4.68. The zero-order valence-electron chi connectivity index (χ0n) is 13.6. The first-order valence-electron chi connectivity index (χ1n) is 8.05. The van der Waals surface area contributed by atoms with Crippen LogP contribution in [0.4, 0.5) is 5.69 Å². The van der Waals surface area contributed by atoms with Gasteiger partial charge >= 0.3 is 0 Å². The van der Waals surface area contributed by atoms with Crippen molar-refractivity contribution >= 4 is 21.6 Å². The maximum atomic E-state index is 12.4. The zero-order chi connectivity index (χ0) is 17.7. The summed E-state index contributed by atoms with van der Waals surface area (Å²) in [5.74, 6) is 0.306. The minimum Gasteiger partial charge on any atom is -0.468 e. The molecule has 2 heterocycles. The molecule has 1 aliphatic heterocycles. The van der Waals surface area contributed by atoms with Gasteiger partial charge in [-0.15, -0.1) is 0 Å². The number of hydrogen-bond acceptors (Lipinski definition) is 5. The van der Waals surface area contributed by atoms with Crippen LogP contribution in [0.15, 0.2) is 52.0 Å². The number of ether oxygens (including phenoxy) is 1. The third-order valence-electron chi connectivity index (χ3n) is 4.02. The molecular formula is C17H20N2O5S. The molecule has 0 aliphatic carbocycles. The third-order valence-corrected chi connectivity index (χ3v) is 5.42. The van der Waals surface area contributed by atoms with Gasteiger partial charge in [0.25, 0.3) is 0 Å². The van der Waals surface area contributed by atoms with Gasteiger partial charge in [-0.25, -0.2) is 13.1 Å². The van der Waals surface area contributed by atoms with Gasteiger partial charge in [0.15, 0.2) is 0 Å². The van der Waals surface area contributed by atoms with Gasteiger partial charge in [-0.3, -0.25) is 4.79 Å². The maximum absolute atomic E-state index is 12.4. The van der Waals surface area contributed by atoms with E-state index in [0.717, 1.165) is 0 Å². The number of furan rings is 1. The number of sulfonamides is 1. The molecular weight excluding hydrogens is 344 g/mol. The van der Waals surface area contributed by atoms with Gasteiger partial charge in [0.05, 0.1) is 17.7 Å². The predicted octanol–water partition coefficient (Wildman–Crippen LogP) is 2.12. The monoisotopic (exact) mass is 364 g/mol. The Bertz CT molecular complexity index is 811. The Morgan fingerprint density at radius 1 is 1.16 bits per heavy atom. The van der Waals surface area contributed by atoms with Gasteiger partial charge in [0, 0.05) is 24.8 Å². The minimum absolute atomic E-state index is 0.0635. The molecule has 1 fully saturated rings. The fraction of sp³-hybridized carbons (Fsp3) is 0.353. The lowest BCUT2D eigenvalue weighted by molar-refractivity contribution is -0.122. The molecule has 3 rings (SSSR count). The first kappa shape index (κ1) is 17.7. The molecule has 0 atom stereocenters. The summed E-state index contributed by atoms with van der Waals surface area (Å²) in [6.07, 6.45) is 2.83. The summed E-state index contributed by atoms with van der Waals surface area (Å²) in [5.41, 5.74) is 0.456. The summed E-state index contributed by atoms with van der Waals surface area (Å²) in [6.45, 7) is 1.21. The van der Waals surface area contributed by atoms with Crippen LogP contribution in [0.1, 0.15) is 18.6 Å². The molecule has 2 N–H and O–H groups in total. The number of rotatable bonds is 6. The fourth-order valence-corrected chi connectivity index (χ4v) is 3.65. The number of carbonyl (C=O) groups excluding carboxylic acids is 1. The standard InChI is InChI=1S/C17H20N2O5S/c20-17(13-6-9-23-10-7-13)19-14-3-1-5-16(11-14)25(21,22)18-12-15-4-2-8-24-15/h1-5,8,11,13,18H,6-7,9-10,12H2,(H,19,20). The van der Waals surface area contributed by atoms with Crippen LogP contribution in [0.2, 0.25) is 0 Å². The van der Waals surface area contributed by atoms with E-state index in [9.17, 15) is 13.2 Å². The molecule has 0 bridgehead atoms. The predicted molar refractivity (Wildman–Crippen MR) is 91.3 cm³/mol. The Hall–Kier alpha value is -2.16. The van der Waals surface area contributed by atoms with Crippen LogP contribution < -0.4 is 10.0 Å². The molecule has 1 saturated heterocycles. The van der Waals surface area contributed by atoms with Crippen molar-refractivity contribution in [2.45, 2.75) is 24.3 Å². The highest BCUT2D eigenvalue weighted by Gasteiger charge is 2.22. The highest BCUT2D eigenvalue weighted by molar-refractivity contribution is 7.89. The molecule has 1 aliphatic rings. The van der Waals surface area contributed by atoms with Crippen molar-refractivity contribution in [1.82, 2.24) is 4.72 Å². The Morgan fingerprint density at radius 2 is 1.96 bits per heavy atom. The van der Waals surface area contributed by atoms with Gasteiger partial charge in [-0.1, -0.05) is 6.07 Å². The van der Waals surface area contributed by atoms with Gasteiger partial charge in [0.2, 0.25) is 15.9 Å². The Morgan fingerprint density at radius 3 is 2.68 bits per heavy atom. The summed E-state index contributed by atoms with van der Waals surface area (Å²) < 4.78 is 37.6. The van der Waals surface area contributed by atoms with Gasteiger partial charge in [-0.2, -0.15) is 0 Å². The van der Waals surface area contributed by atoms with E-state index in [0.29, 0.717) is 37.5 Å². The number of benzene rings is 1. The lowest BCUT2D eigenvalue weighted by Gasteiger charge is -2.21. The smallest absolute Gasteiger partial charge is 0.241 e. The molecule has 1 aromatic heterocycles. The van der Waals surface area contributed by atoms with Crippen LogP contribution >= 0.6 is 0 Å². The molecule has 134 valence electrons. The van der Waals surface area contributed by atoms with E-state index in [4.69, 9.17) is 9.15 Å². The van der Waals surface area contributed by atoms with Crippen molar-refractivity contribution in [1.29, 1.82) is 0 Å². The summed E-state index contributed by atoms with van der Waals surface area (Å²) in [5, 5.41) is 2.79. The SMILES string of the molecule is O=C(Nc1cccc(S(=O)(=O)NCc2ccco2)c1)C1CCOCC1. The van der Waals surface area contributed by atoms with E-state index in [1.165, 1.54) is 18.4 Å². The first-order valence-corrected chi connectivity index (χ1v) is 9.54. The molecule has 7 nitrogen and oxygen atoms in total. The number of carbonyl (C=O) groups is 1. The van der Waals surface area contributed by atoms with Crippen LogP contribution in [-0.2, 0) is 26.1 Å². The molecule has 8 heteroatoms. The molecule has 0 saturated carbocycles. The van der Waals surface area contributed by atoms with E-state index < -0.39 is 10.0 Å². The van der Waals surface area contributed by atoms with Crippen LogP contribution in [0.5, 0.6) is 0 Å². The Balaban J connectivity index is 1.66. The summed E-state index contributed by atoms with van der Waals surface area (Å²) in [4.78, 5) is 12.4. The second-order valence-corrected chi connectivity index (χ2v) is 7.57. The molecule has 1 aromatic carbocycles. The first-order chi connectivity index (χ1) is 12.0. The van der Waals surface area contributed by atoms with E-state index in [1.54, 1.807) is 24.3 Å².